The molecule has 0 N–H and O–H groups in total. The molecule has 1 aliphatic rings. The molecule has 4 heteroatoms. The fourth-order valence-corrected chi connectivity index (χ4v) is 1.93. The minimum atomic E-state index is -0.168. The van der Waals surface area contributed by atoms with E-state index in [9.17, 15) is 4.79 Å². The molecule has 0 aliphatic carbocycles. The lowest BCUT2D eigenvalue weighted by atomic mass is 10.2. The average molecular weight is 250 g/mol. The van der Waals surface area contributed by atoms with E-state index in [4.69, 9.17) is 4.74 Å². The Morgan fingerprint density at radius 3 is 2.92 bits per heavy atom. The molecular weight excluding hydrogens is 234 g/mol. The molecule has 0 aromatic carbocycles. The predicted molar refractivity (Wildman–Crippen MR) is 55.0 cm³/mol. The highest BCUT2D eigenvalue weighted by atomic mass is 79.9. The molecule has 1 saturated heterocycles. The number of alkyl halides is 1. The predicted octanol–water partition coefficient (Wildman–Crippen LogP) is 1.41. The molecule has 1 atom stereocenters. The van der Waals surface area contributed by atoms with Crippen molar-refractivity contribution in [2.24, 2.45) is 0 Å². The summed E-state index contributed by atoms with van der Waals surface area (Å²) in [4.78, 5) is 13.6. The summed E-state index contributed by atoms with van der Waals surface area (Å²) in [6.45, 7) is 4.28. The van der Waals surface area contributed by atoms with E-state index < -0.39 is 0 Å². The van der Waals surface area contributed by atoms with E-state index in [1.807, 2.05) is 11.8 Å². The van der Waals surface area contributed by atoms with Crippen LogP contribution in [0.3, 0.4) is 0 Å². The summed E-state index contributed by atoms with van der Waals surface area (Å²) < 4.78 is 5.34. The first-order valence-electron chi connectivity index (χ1n) is 4.76. The van der Waals surface area contributed by atoms with Crippen molar-refractivity contribution in [1.82, 2.24) is 4.90 Å². The number of amides is 1. The first-order valence-corrected chi connectivity index (χ1v) is 5.88. The Labute approximate surface area is 87.6 Å². The van der Waals surface area contributed by atoms with E-state index in [0.29, 0.717) is 0 Å². The van der Waals surface area contributed by atoms with E-state index >= 15 is 0 Å². The molecule has 0 spiro atoms. The van der Waals surface area contributed by atoms with Crippen LogP contribution in [0.4, 0.5) is 0 Å². The van der Waals surface area contributed by atoms with Gasteiger partial charge in [0, 0.05) is 25.0 Å². The molecule has 0 saturated carbocycles. The van der Waals surface area contributed by atoms with Crippen molar-refractivity contribution >= 4 is 21.8 Å². The number of carbonyl (C=O) groups excluding carboxylic acids is 1. The second-order valence-electron chi connectivity index (χ2n) is 3.11. The Bertz CT molecular complexity index is 169. The van der Waals surface area contributed by atoms with Gasteiger partial charge in [-0.25, -0.2) is 0 Å². The summed E-state index contributed by atoms with van der Waals surface area (Å²) in [5, 5.41) is 0.833. The third kappa shape index (κ3) is 2.95. The molecule has 1 amide bonds. The second kappa shape index (κ2) is 5.60. The summed E-state index contributed by atoms with van der Waals surface area (Å²) in [6, 6.07) is 0. The van der Waals surface area contributed by atoms with Crippen LogP contribution in [0.15, 0.2) is 0 Å². The maximum Gasteiger partial charge on any atom is 0.251 e. The number of ether oxygens (including phenoxy) is 1. The topological polar surface area (TPSA) is 29.5 Å². The highest BCUT2D eigenvalue weighted by Crippen LogP contribution is 2.14. The molecule has 0 aromatic heterocycles. The van der Waals surface area contributed by atoms with Gasteiger partial charge in [0.2, 0.25) is 0 Å². The molecule has 0 radical (unpaired) electrons. The first kappa shape index (κ1) is 11.0. The molecule has 1 rings (SSSR count). The van der Waals surface area contributed by atoms with E-state index in [0.717, 1.165) is 37.9 Å². The molecule has 3 nitrogen and oxygen atoms in total. The van der Waals surface area contributed by atoms with Gasteiger partial charge in [-0.3, -0.25) is 4.79 Å². The Hall–Kier alpha value is -0.0900. The van der Waals surface area contributed by atoms with Gasteiger partial charge in [0.1, 0.15) is 6.10 Å². The lowest BCUT2D eigenvalue weighted by Gasteiger charge is -2.22. The van der Waals surface area contributed by atoms with Crippen molar-refractivity contribution in [3.63, 3.8) is 0 Å². The Morgan fingerprint density at radius 2 is 2.46 bits per heavy atom. The lowest BCUT2D eigenvalue weighted by molar-refractivity contribution is -0.140. The van der Waals surface area contributed by atoms with Gasteiger partial charge in [-0.05, 0) is 19.8 Å². The SMILES string of the molecule is CCN(CCBr)C(=O)C1CCCO1. The maximum absolute atomic E-state index is 11.7. The number of nitrogens with zero attached hydrogens (tertiary/aromatic N) is 1. The maximum atomic E-state index is 11.7. The van der Waals surface area contributed by atoms with Crippen LogP contribution in [-0.4, -0.2) is 41.9 Å². The monoisotopic (exact) mass is 249 g/mol. The zero-order chi connectivity index (χ0) is 9.68. The van der Waals surface area contributed by atoms with Crippen LogP contribution in [-0.2, 0) is 9.53 Å². The van der Waals surface area contributed by atoms with Crippen LogP contribution >= 0.6 is 15.9 Å². The zero-order valence-corrected chi connectivity index (χ0v) is 9.55. The van der Waals surface area contributed by atoms with Crippen molar-refractivity contribution in [2.75, 3.05) is 25.0 Å². The first-order chi connectivity index (χ1) is 6.29. The van der Waals surface area contributed by atoms with Gasteiger partial charge in [-0.2, -0.15) is 0 Å². The summed E-state index contributed by atoms with van der Waals surface area (Å²) in [5.41, 5.74) is 0. The van der Waals surface area contributed by atoms with Crippen molar-refractivity contribution in [3.05, 3.63) is 0 Å². The number of halogens is 1. The van der Waals surface area contributed by atoms with Gasteiger partial charge < -0.3 is 9.64 Å². The summed E-state index contributed by atoms with van der Waals surface area (Å²) in [6.07, 6.45) is 1.74. The number of hydrogen-bond donors (Lipinski definition) is 0. The second-order valence-corrected chi connectivity index (χ2v) is 3.90. The van der Waals surface area contributed by atoms with Crippen LogP contribution < -0.4 is 0 Å². The van der Waals surface area contributed by atoms with Gasteiger partial charge >= 0.3 is 0 Å². The largest absolute Gasteiger partial charge is 0.368 e. The summed E-state index contributed by atoms with van der Waals surface area (Å²) in [7, 11) is 0. The number of rotatable bonds is 4. The van der Waals surface area contributed by atoms with Crippen molar-refractivity contribution in [3.8, 4) is 0 Å². The molecule has 13 heavy (non-hydrogen) atoms. The van der Waals surface area contributed by atoms with Crippen LogP contribution in [0, 0.1) is 0 Å². The Morgan fingerprint density at radius 1 is 1.69 bits per heavy atom. The number of likely N-dealkylation sites (N-methyl/N-ethyl adjacent to an activating group) is 1. The van der Waals surface area contributed by atoms with E-state index in [1.54, 1.807) is 0 Å². The molecular formula is C9H16BrNO2. The number of carbonyl (C=O) groups is 1. The minimum Gasteiger partial charge on any atom is -0.368 e. The van der Waals surface area contributed by atoms with Crippen molar-refractivity contribution < 1.29 is 9.53 Å². The normalized spacial score (nSPS) is 21.8. The van der Waals surface area contributed by atoms with Gasteiger partial charge in [-0.15, -0.1) is 0 Å². The molecule has 1 unspecified atom stereocenters. The minimum absolute atomic E-state index is 0.152. The molecule has 1 aliphatic heterocycles. The van der Waals surface area contributed by atoms with Crippen molar-refractivity contribution in [1.29, 1.82) is 0 Å². The van der Waals surface area contributed by atoms with Crippen LogP contribution in [0.5, 0.6) is 0 Å². The Balaban J connectivity index is 2.42. The molecule has 1 heterocycles. The third-order valence-electron chi connectivity index (χ3n) is 2.25. The Kier molecular flexibility index (Phi) is 4.73. The zero-order valence-electron chi connectivity index (χ0n) is 7.96. The highest BCUT2D eigenvalue weighted by molar-refractivity contribution is 9.09. The van der Waals surface area contributed by atoms with Crippen LogP contribution in [0.25, 0.3) is 0 Å². The highest BCUT2D eigenvalue weighted by Gasteiger charge is 2.26. The molecule has 0 bridgehead atoms. The van der Waals surface area contributed by atoms with E-state index in [1.165, 1.54) is 0 Å². The van der Waals surface area contributed by atoms with Gasteiger partial charge in [0.05, 0.1) is 0 Å². The quantitative estimate of drug-likeness (QED) is 0.706. The third-order valence-corrected chi connectivity index (χ3v) is 2.61. The van der Waals surface area contributed by atoms with E-state index in [2.05, 4.69) is 15.9 Å². The lowest BCUT2D eigenvalue weighted by Crippen LogP contribution is -2.39. The molecule has 76 valence electrons. The van der Waals surface area contributed by atoms with Crippen LogP contribution in [0.1, 0.15) is 19.8 Å². The average Bonchev–Trinajstić information content (AvgIpc) is 2.65. The van der Waals surface area contributed by atoms with Gasteiger partial charge in [-0.1, -0.05) is 15.9 Å². The van der Waals surface area contributed by atoms with Crippen molar-refractivity contribution in [2.45, 2.75) is 25.9 Å². The fourth-order valence-electron chi connectivity index (χ4n) is 1.50. The fraction of sp³-hybridized carbons (Fsp3) is 0.889. The van der Waals surface area contributed by atoms with Gasteiger partial charge in [0.25, 0.3) is 5.91 Å². The summed E-state index contributed by atoms with van der Waals surface area (Å²) >= 11 is 3.33. The smallest absolute Gasteiger partial charge is 0.251 e. The van der Waals surface area contributed by atoms with Crippen LogP contribution in [0.2, 0.25) is 0 Å². The summed E-state index contributed by atoms with van der Waals surface area (Å²) in [5.74, 6) is 0.152. The van der Waals surface area contributed by atoms with E-state index in [-0.39, 0.29) is 12.0 Å². The number of hydrogen-bond acceptors (Lipinski definition) is 2. The van der Waals surface area contributed by atoms with Gasteiger partial charge in [0.15, 0.2) is 0 Å². The standard InChI is InChI=1S/C9H16BrNO2/c1-2-11(6-5-10)9(12)8-4-3-7-13-8/h8H,2-7H2,1H3. The molecule has 0 aromatic rings. The molecule has 1 fully saturated rings.